The summed E-state index contributed by atoms with van der Waals surface area (Å²) < 4.78 is 0. The molecule has 1 aliphatic rings. The maximum absolute atomic E-state index is 12.3. The molecule has 5 nitrogen and oxygen atoms in total. The highest BCUT2D eigenvalue weighted by atomic mass is 32.1. The minimum atomic E-state index is -0.784. The van der Waals surface area contributed by atoms with Crippen molar-refractivity contribution in [2.45, 2.75) is 33.3 Å². The van der Waals surface area contributed by atoms with E-state index in [2.05, 4.69) is 4.90 Å². The van der Waals surface area contributed by atoms with Gasteiger partial charge >= 0.3 is 0 Å². The molecule has 0 unspecified atom stereocenters. The summed E-state index contributed by atoms with van der Waals surface area (Å²) in [5, 5.41) is 9.79. The average Bonchev–Trinajstić information content (AvgIpc) is 2.26. The quantitative estimate of drug-likeness (QED) is 0.724. The molecule has 0 saturated carbocycles. The summed E-state index contributed by atoms with van der Waals surface area (Å²) >= 11 is 4.96. The Morgan fingerprint density at radius 1 is 1.21 bits per heavy atom. The third-order valence-electron chi connectivity index (χ3n) is 3.42. The summed E-state index contributed by atoms with van der Waals surface area (Å²) in [6.45, 7) is 10.6. The fraction of sp³-hybridized carbons (Fsp3) is 0.846. The second kappa shape index (κ2) is 5.73. The molecule has 0 aromatic rings. The van der Waals surface area contributed by atoms with Gasteiger partial charge in [-0.3, -0.25) is 9.69 Å². The van der Waals surface area contributed by atoms with Gasteiger partial charge in [-0.05, 0) is 27.7 Å². The van der Waals surface area contributed by atoms with Gasteiger partial charge in [0.2, 0.25) is 5.91 Å². The molecule has 0 spiro atoms. The van der Waals surface area contributed by atoms with Crippen molar-refractivity contribution in [1.82, 2.24) is 9.80 Å². The van der Waals surface area contributed by atoms with Crippen LogP contribution in [0, 0.1) is 5.41 Å². The number of hydrogen-bond donors (Lipinski definition) is 2. The van der Waals surface area contributed by atoms with Crippen LogP contribution in [0.5, 0.6) is 0 Å². The standard InChI is InChI=1S/C13H25N3O2S/c1-12(2,18)9-15-5-7-16(8-6-15)11(17)13(3,4)10(14)19/h18H,5-9H2,1-4H3,(H2,14,19). The normalized spacial score (nSPS) is 18.5. The van der Waals surface area contributed by atoms with E-state index in [4.69, 9.17) is 18.0 Å². The fourth-order valence-corrected chi connectivity index (χ4v) is 2.24. The van der Waals surface area contributed by atoms with Crippen molar-refractivity contribution in [3.63, 3.8) is 0 Å². The second-order valence-corrected chi connectivity index (χ2v) is 6.81. The van der Waals surface area contributed by atoms with Gasteiger partial charge in [-0.15, -0.1) is 0 Å². The summed E-state index contributed by atoms with van der Waals surface area (Å²) in [5.41, 5.74) is 4.14. The van der Waals surface area contributed by atoms with E-state index in [0.29, 0.717) is 19.6 Å². The van der Waals surface area contributed by atoms with Crippen LogP contribution in [0.1, 0.15) is 27.7 Å². The Balaban J connectivity index is 2.55. The van der Waals surface area contributed by atoms with Crippen molar-refractivity contribution in [3.8, 4) is 0 Å². The molecule has 1 aliphatic heterocycles. The van der Waals surface area contributed by atoms with Crippen LogP contribution in [0.15, 0.2) is 0 Å². The topological polar surface area (TPSA) is 69.8 Å². The molecule has 19 heavy (non-hydrogen) atoms. The molecule has 1 heterocycles. The van der Waals surface area contributed by atoms with Gasteiger partial charge in [0.15, 0.2) is 0 Å². The van der Waals surface area contributed by atoms with Crippen molar-refractivity contribution < 1.29 is 9.90 Å². The highest BCUT2D eigenvalue weighted by molar-refractivity contribution is 7.80. The Morgan fingerprint density at radius 3 is 2.05 bits per heavy atom. The number of piperazine rings is 1. The van der Waals surface area contributed by atoms with Gasteiger partial charge in [-0.1, -0.05) is 12.2 Å². The molecule has 1 fully saturated rings. The number of β-amino-alcohol motifs (C(OH)–C–C–N with tert-alkyl or cyclic N) is 1. The molecule has 1 saturated heterocycles. The summed E-state index contributed by atoms with van der Waals surface area (Å²) in [6.07, 6.45) is 0. The zero-order valence-electron chi connectivity index (χ0n) is 12.3. The largest absolute Gasteiger partial charge is 0.392 e. The van der Waals surface area contributed by atoms with Gasteiger partial charge < -0.3 is 15.7 Å². The highest BCUT2D eigenvalue weighted by Crippen LogP contribution is 2.20. The lowest BCUT2D eigenvalue weighted by Gasteiger charge is -2.39. The molecule has 0 aromatic carbocycles. The van der Waals surface area contributed by atoms with Gasteiger partial charge in [0, 0.05) is 32.7 Å². The molecule has 6 heteroatoms. The minimum Gasteiger partial charge on any atom is -0.392 e. The number of amides is 1. The first-order valence-electron chi connectivity index (χ1n) is 6.58. The fourth-order valence-electron chi connectivity index (χ4n) is 2.16. The summed E-state index contributed by atoms with van der Waals surface area (Å²) in [6, 6.07) is 0. The lowest BCUT2D eigenvalue weighted by Crippen LogP contribution is -2.56. The van der Waals surface area contributed by atoms with Crippen LogP contribution in [0.2, 0.25) is 0 Å². The molecule has 1 amide bonds. The Morgan fingerprint density at radius 2 is 1.68 bits per heavy atom. The predicted octanol–water partition coefficient (Wildman–Crippen LogP) is 0.214. The number of nitrogens with two attached hydrogens (primary N) is 1. The highest BCUT2D eigenvalue weighted by Gasteiger charge is 2.36. The number of carbonyl (C=O) groups is 1. The van der Waals surface area contributed by atoms with E-state index in [9.17, 15) is 9.90 Å². The van der Waals surface area contributed by atoms with Gasteiger partial charge in [-0.2, -0.15) is 0 Å². The molecule has 110 valence electrons. The monoisotopic (exact) mass is 287 g/mol. The van der Waals surface area contributed by atoms with Gasteiger partial charge in [0.25, 0.3) is 0 Å². The number of thiocarbonyl (C=S) groups is 1. The smallest absolute Gasteiger partial charge is 0.235 e. The summed E-state index contributed by atoms with van der Waals surface area (Å²) in [4.78, 5) is 16.5. The first-order valence-corrected chi connectivity index (χ1v) is 6.99. The molecule has 3 N–H and O–H groups in total. The lowest BCUT2D eigenvalue weighted by atomic mass is 9.91. The van der Waals surface area contributed by atoms with E-state index in [1.54, 1.807) is 32.6 Å². The third kappa shape index (κ3) is 4.40. The van der Waals surface area contributed by atoms with Crippen LogP contribution < -0.4 is 5.73 Å². The zero-order valence-corrected chi connectivity index (χ0v) is 13.1. The van der Waals surface area contributed by atoms with E-state index in [-0.39, 0.29) is 10.9 Å². The molecule has 0 bridgehead atoms. The van der Waals surface area contributed by atoms with Crippen LogP contribution in [0.25, 0.3) is 0 Å². The van der Waals surface area contributed by atoms with Crippen LogP contribution in [0.3, 0.4) is 0 Å². The third-order valence-corrected chi connectivity index (χ3v) is 3.93. The predicted molar refractivity (Wildman–Crippen MR) is 79.9 cm³/mol. The van der Waals surface area contributed by atoms with Gasteiger partial charge in [0.1, 0.15) is 0 Å². The number of hydrogen-bond acceptors (Lipinski definition) is 4. The molecule has 0 aromatic heterocycles. The van der Waals surface area contributed by atoms with E-state index in [0.717, 1.165) is 13.1 Å². The van der Waals surface area contributed by atoms with Crippen LogP contribution in [0.4, 0.5) is 0 Å². The number of rotatable bonds is 4. The number of nitrogens with zero attached hydrogens (tertiary/aromatic N) is 2. The van der Waals surface area contributed by atoms with E-state index in [1.807, 2.05) is 0 Å². The Kier molecular flexibility index (Phi) is 4.92. The Hall–Kier alpha value is -0.720. The van der Waals surface area contributed by atoms with Crippen LogP contribution in [-0.2, 0) is 4.79 Å². The second-order valence-electron chi connectivity index (χ2n) is 6.37. The summed E-state index contributed by atoms with van der Waals surface area (Å²) in [5.74, 6) is -0.0112. The average molecular weight is 287 g/mol. The molecule has 1 rings (SSSR count). The van der Waals surface area contributed by atoms with Crippen molar-refractivity contribution in [1.29, 1.82) is 0 Å². The van der Waals surface area contributed by atoms with E-state index < -0.39 is 11.0 Å². The van der Waals surface area contributed by atoms with Gasteiger partial charge in [0.05, 0.1) is 16.0 Å². The first-order chi connectivity index (χ1) is 8.54. The Labute approximate surface area is 120 Å². The SMILES string of the molecule is CC(C)(O)CN1CCN(C(=O)C(C)(C)C(N)=S)CC1. The van der Waals surface area contributed by atoms with Crippen molar-refractivity contribution >= 4 is 23.1 Å². The molecular weight excluding hydrogens is 262 g/mol. The summed E-state index contributed by atoms with van der Waals surface area (Å²) in [7, 11) is 0. The van der Waals surface area contributed by atoms with Crippen molar-refractivity contribution in [2.24, 2.45) is 11.1 Å². The number of carbonyl (C=O) groups excluding carboxylic acids is 1. The molecular formula is C13H25N3O2S. The van der Waals surface area contributed by atoms with E-state index >= 15 is 0 Å². The van der Waals surface area contributed by atoms with Crippen molar-refractivity contribution in [3.05, 3.63) is 0 Å². The lowest BCUT2D eigenvalue weighted by molar-refractivity contribution is -0.139. The van der Waals surface area contributed by atoms with Gasteiger partial charge in [-0.25, -0.2) is 0 Å². The first kappa shape index (κ1) is 16.3. The van der Waals surface area contributed by atoms with Crippen LogP contribution in [-0.4, -0.2) is 64.1 Å². The van der Waals surface area contributed by atoms with Crippen LogP contribution >= 0.6 is 12.2 Å². The Bertz CT molecular complexity index is 355. The minimum absolute atomic E-state index is 0.0112. The zero-order chi connectivity index (χ0) is 14.8. The molecule has 0 atom stereocenters. The molecule has 0 radical (unpaired) electrons. The maximum atomic E-state index is 12.3. The maximum Gasteiger partial charge on any atom is 0.235 e. The van der Waals surface area contributed by atoms with Crippen molar-refractivity contribution in [2.75, 3.05) is 32.7 Å². The van der Waals surface area contributed by atoms with E-state index in [1.165, 1.54) is 0 Å². The number of aliphatic hydroxyl groups is 1. The molecule has 0 aliphatic carbocycles.